The molecule has 24 heavy (non-hydrogen) atoms. The average Bonchev–Trinajstić information content (AvgIpc) is 2.95. The molecule has 1 aliphatic rings. The van der Waals surface area contributed by atoms with Gasteiger partial charge in [0.1, 0.15) is 0 Å². The van der Waals surface area contributed by atoms with Gasteiger partial charge in [0.2, 0.25) is 5.91 Å². The van der Waals surface area contributed by atoms with Crippen LogP contribution in [0.2, 0.25) is 0 Å². The summed E-state index contributed by atoms with van der Waals surface area (Å²) in [6.45, 7) is 1.94. The normalized spacial score (nSPS) is 12.5. The number of amides is 1. The van der Waals surface area contributed by atoms with Crippen LogP contribution in [-0.2, 0) is 11.2 Å². The first-order valence-electron chi connectivity index (χ1n) is 7.34. The van der Waals surface area contributed by atoms with E-state index in [9.17, 15) is 9.18 Å². The molecule has 1 aromatic heterocycles. The predicted octanol–water partition coefficient (Wildman–Crippen LogP) is 3.50. The van der Waals surface area contributed by atoms with E-state index in [2.05, 4.69) is 15.3 Å². The third-order valence-electron chi connectivity index (χ3n) is 3.49. The van der Waals surface area contributed by atoms with Crippen LogP contribution in [0.15, 0.2) is 35.5 Å². The molecule has 0 saturated carbocycles. The van der Waals surface area contributed by atoms with Crippen LogP contribution >= 0.6 is 11.8 Å². The second-order valence-corrected chi connectivity index (χ2v) is 6.37. The number of hydrogen-bond acceptors (Lipinski definition) is 5. The number of anilines is 1. The minimum atomic E-state index is -0.513. The summed E-state index contributed by atoms with van der Waals surface area (Å²) >= 11 is 1.38. The number of nitrogens with zero attached hydrogens (tertiary/aromatic N) is 2. The Bertz CT molecular complexity index is 823. The van der Waals surface area contributed by atoms with Gasteiger partial charge in [-0.15, -0.1) is 11.8 Å². The minimum Gasteiger partial charge on any atom is -0.494 e. The quantitative estimate of drug-likeness (QED) is 0.921. The summed E-state index contributed by atoms with van der Waals surface area (Å²) in [5, 5.41) is 3.55. The molecule has 0 unspecified atom stereocenters. The lowest BCUT2D eigenvalue weighted by atomic mass is 10.2. The molecule has 0 spiro atoms. The van der Waals surface area contributed by atoms with Crippen LogP contribution in [0.1, 0.15) is 11.3 Å². The molecule has 7 heteroatoms. The topological polar surface area (TPSA) is 63.6 Å². The molecule has 2 aromatic rings. The predicted molar refractivity (Wildman–Crippen MR) is 93.8 cm³/mol. The molecule has 1 aliphatic heterocycles. The van der Waals surface area contributed by atoms with Crippen molar-refractivity contribution in [2.45, 2.75) is 13.3 Å². The zero-order valence-electron chi connectivity index (χ0n) is 13.3. The van der Waals surface area contributed by atoms with Crippen LogP contribution in [0.4, 0.5) is 15.8 Å². The first-order chi connectivity index (χ1) is 11.5. The molecular formula is C17H16FN3O2S. The van der Waals surface area contributed by atoms with Crippen LogP contribution in [0.3, 0.4) is 0 Å². The molecule has 0 saturated heterocycles. The SMILES string of the molecule is COc1ccc(NC(=O)CSC2=Nc3cnc(C)cc3C2)cc1F. The summed E-state index contributed by atoms with van der Waals surface area (Å²) in [6.07, 6.45) is 2.46. The van der Waals surface area contributed by atoms with Crippen LogP contribution in [0.5, 0.6) is 5.75 Å². The summed E-state index contributed by atoms with van der Waals surface area (Å²) in [6, 6.07) is 6.32. The van der Waals surface area contributed by atoms with Gasteiger partial charge in [-0.05, 0) is 30.7 Å². The molecule has 3 rings (SSSR count). The molecule has 1 amide bonds. The van der Waals surface area contributed by atoms with E-state index in [-0.39, 0.29) is 17.4 Å². The zero-order chi connectivity index (χ0) is 17.1. The van der Waals surface area contributed by atoms with Crippen molar-refractivity contribution in [1.29, 1.82) is 0 Å². The highest BCUT2D eigenvalue weighted by Gasteiger charge is 2.17. The van der Waals surface area contributed by atoms with Crippen molar-refractivity contribution in [3.63, 3.8) is 0 Å². The number of carbonyl (C=O) groups is 1. The lowest BCUT2D eigenvalue weighted by Crippen LogP contribution is -2.15. The highest BCUT2D eigenvalue weighted by molar-refractivity contribution is 8.14. The Balaban J connectivity index is 1.54. The molecule has 1 N–H and O–H groups in total. The summed E-state index contributed by atoms with van der Waals surface area (Å²) in [4.78, 5) is 20.7. The van der Waals surface area contributed by atoms with Gasteiger partial charge in [-0.2, -0.15) is 0 Å². The Kier molecular flexibility index (Phi) is 4.80. The van der Waals surface area contributed by atoms with Gasteiger partial charge in [-0.3, -0.25) is 9.78 Å². The molecule has 1 aromatic carbocycles. The zero-order valence-corrected chi connectivity index (χ0v) is 14.1. The van der Waals surface area contributed by atoms with Crippen molar-refractivity contribution < 1.29 is 13.9 Å². The molecular weight excluding hydrogens is 329 g/mol. The van der Waals surface area contributed by atoms with Crippen LogP contribution < -0.4 is 10.1 Å². The van der Waals surface area contributed by atoms with Gasteiger partial charge in [0.25, 0.3) is 0 Å². The summed E-state index contributed by atoms with van der Waals surface area (Å²) in [5.74, 6) is -0.365. The number of methoxy groups -OCH3 is 1. The summed E-state index contributed by atoms with van der Waals surface area (Å²) in [7, 11) is 1.39. The van der Waals surface area contributed by atoms with Crippen LogP contribution in [-0.4, -0.2) is 28.8 Å². The van der Waals surface area contributed by atoms with Gasteiger partial charge in [-0.25, -0.2) is 9.38 Å². The molecule has 0 fully saturated rings. The second kappa shape index (κ2) is 7.00. The number of fused-ring (bicyclic) bond motifs is 1. The first-order valence-corrected chi connectivity index (χ1v) is 8.33. The number of aliphatic imine (C=N–C) groups is 1. The monoisotopic (exact) mass is 345 g/mol. The Morgan fingerprint density at radius 3 is 3.00 bits per heavy atom. The van der Waals surface area contributed by atoms with E-state index in [1.807, 2.05) is 13.0 Å². The third-order valence-corrected chi connectivity index (χ3v) is 4.47. The highest BCUT2D eigenvalue weighted by Crippen LogP contribution is 2.30. The maximum atomic E-state index is 13.6. The van der Waals surface area contributed by atoms with E-state index in [1.54, 1.807) is 12.3 Å². The first kappa shape index (κ1) is 16.4. The van der Waals surface area contributed by atoms with E-state index >= 15 is 0 Å². The lowest BCUT2D eigenvalue weighted by molar-refractivity contribution is -0.113. The van der Waals surface area contributed by atoms with E-state index in [0.717, 1.165) is 22.0 Å². The Morgan fingerprint density at radius 1 is 1.42 bits per heavy atom. The standard InChI is InChI=1S/C17H16FN3O2S/c1-10-5-11-6-17(21-14(11)8-19-10)24-9-16(22)20-12-3-4-15(23-2)13(18)7-12/h3-5,7-8H,6,9H2,1-2H3,(H,20,22). The second-order valence-electron chi connectivity index (χ2n) is 5.32. The number of rotatable bonds is 4. The molecule has 5 nitrogen and oxygen atoms in total. The van der Waals surface area contributed by atoms with Crippen molar-refractivity contribution in [3.8, 4) is 5.75 Å². The molecule has 0 atom stereocenters. The van der Waals surface area contributed by atoms with Gasteiger partial charge in [0.15, 0.2) is 11.6 Å². The van der Waals surface area contributed by atoms with Gasteiger partial charge in [0, 0.05) is 23.9 Å². The number of hydrogen-bond donors (Lipinski definition) is 1. The van der Waals surface area contributed by atoms with Crippen molar-refractivity contribution >= 4 is 34.1 Å². The largest absolute Gasteiger partial charge is 0.494 e. The van der Waals surface area contributed by atoms with E-state index in [4.69, 9.17) is 4.74 Å². The van der Waals surface area contributed by atoms with Crippen molar-refractivity contribution in [2.75, 3.05) is 18.2 Å². The maximum Gasteiger partial charge on any atom is 0.234 e. The number of halogens is 1. The van der Waals surface area contributed by atoms with E-state index < -0.39 is 5.82 Å². The molecule has 2 heterocycles. The number of ether oxygens (including phenoxy) is 1. The number of thioether (sulfide) groups is 1. The minimum absolute atomic E-state index is 0.143. The summed E-state index contributed by atoms with van der Waals surface area (Å²) < 4.78 is 18.5. The van der Waals surface area contributed by atoms with Gasteiger partial charge < -0.3 is 10.1 Å². The molecule has 0 radical (unpaired) electrons. The smallest absolute Gasteiger partial charge is 0.234 e. The molecule has 0 bridgehead atoms. The lowest BCUT2D eigenvalue weighted by Gasteiger charge is -2.07. The van der Waals surface area contributed by atoms with Gasteiger partial charge >= 0.3 is 0 Å². The number of aromatic nitrogens is 1. The van der Waals surface area contributed by atoms with E-state index in [1.165, 1.54) is 31.0 Å². The number of carbonyl (C=O) groups excluding carboxylic acids is 1. The maximum absolute atomic E-state index is 13.6. The number of nitrogens with one attached hydrogen (secondary N) is 1. The Hall–Kier alpha value is -2.41. The third kappa shape index (κ3) is 3.73. The van der Waals surface area contributed by atoms with Crippen molar-refractivity contribution in [2.24, 2.45) is 4.99 Å². The number of benzene rings is 1. The van der Waals surface area contributed by atoms with Crippen LogP contribution in [0.25, 0.3) is 0 Å². The average molecular weight is 345 g/mol. The highest BCUT2D eigenvalue weighted by atomic mass is 32.2. The Morgan fingerprint density at radius 2 is 2.25 bits per heavy atom. The fraction of sp³-hybridized carbons (Fsp3) is 0.235. The van der Waals surface area contributed by atoms with Crippen molar-refractivity contribution in [1.82, 2.24) is 4.98 Å². The molecule has 0 aliphatic carbocycles. The molecule has 124 valence electrons. The van der Waals surface area contributed by atoms with Gasteiger partial charge in [-0.1, -0.05) is 0 Å². The van der Waals surface area contributed by atoms with E-state index in [0.29, 0.717) is 12.1 Å². The van der Waals surface area contributed by atoms with Crippen LogP contribution in [0, 0.1) is 12.7 Å². The fourth-order valence-electron chi connectivity index (χ4n) is 2.36. The number of aryl methyl sites for hydroxylation is 1. The van der Waals surface area contributed by atoms with Crippen molar-refractivity contribution in [3.05, 3.63) is 47.5 Å². The fourth-order valence-corrected chi connectivity index (χ4v) is 3.15. The number of pyridine rings is 1. The summed E-state index contributed by atoms with van der Waals surface area (Å²) in [5.41, 5.74) is 3.34. The van der Waals surface area contributed by atoms with Gasteiger partial charge in [0.05, 0.1) is 29.8 Å². The Labute approximate surface area is 143 Å².